The molecule has 1 aromatic rings. The van der Waals surface area contributed by atoms with Crippen molar-refractivity contribution in [3.8, 4) is 0 Å². The molecule has 0 saturated carbocycles. The first-order valence-corrected chi connectivity index (χ1v) is 6.32. The Morgan fingerprint density at radius 1 is 1.30 bits per heavy atom. The molecule has 0 aliphatic heterocycles. The van der Waals surface area contributed by atoms with Gasteiger partial charge in [0.25, 0.3) is 0 Å². The van der Waals surface area contributed by atoms with Crippen LogP contribution in [-0.2, 0) is 20.8 Å². The molecule has 0 bridgehead atoms. The molecule has 0 atom stereocenters. The Kier molecular flexibility index (Phi) is 5.07. The van der Waals surface area contributed by atoms with E-state index in [0.29, 0.717) is 0 Å². The van der Waals surface area contributed by atoms with Crippen LogP contribution in [0.2, 0.25) is 0 Å². The van der Waals surface area contributed by atoms with Gasteiger partial charge in [0.05, 0.1) is 6.61 Å². The lowest BCUT2D eigenvalue weighted by Gasteiger charge is -2.20. The zero-order valence-electron chi connectivity index (χ0n) is 12.1. The van der Waals surface area contributed by atoms with Crippen molar-refractivity contribution >= 4 is 11.9 Å². The van der Waals surface area contributed by atoms with Crippen LogP contribution in [0.3, 0.4) is 0 Å². The number of aromatic nitrogens is 1. The quantitative estimate of drug-likeness (QED) is 0.779. The summed E-state index contributed by atoms with van der Waals surface area (Å²) in [4.78, 5) is 34.8. The van der Waals surface area contributed by atoms with E-state index in [1.165, 1.54) is 23.0 Å². The van der Waals surface area contributed by atoms with Gasteiger partial charge in [-0.05, 0) is 27.7 Å². The molecule has 20 heavy (non-hydrogen) atoms. The number of rotatable bonds is 4. The van der Waals surface area contributed by atoms with Gasteiger partial charge in [-0.15, -0.1) is 0 Å². The maximum atomic E-state index is 11.7. The van der Waals surface area contributed by atoms with Gasteiger partial charge in [-0.1, -0.05) is 0 Å². The van der Waals surface area contributed by atoms with Crippen molar-refractivity contribution in [2.75, 3.05) is 6.61 Å². The summed E-state index contributed by atoms with van der Waals surface area (Å²) in [5.41, 5.74) is -1.12. The minimum Gasteiger partial charge on any atom is -0.462 e. The molecular formula is C14H19NO5. The van der Waals surface area contributed by atoms with E-state index in [1.54, 1.807) is 27.7 Å². The lowest BCUT2D eigenvalue weighted by Crippen LogP contribution is -2.27. The molecule has 0 aliphatic rings. The Hall–Kier alpha value is -2.11. The van der Waals surface area contributed by atoms with Gasteiger partial charge in [-0.2, -0.15) is 0 Å². The summed E-state index contributed by atoms with van der Waals surface area (Å²) in [6.45, 7) is 7.05. The smallest absolute Gasteiger partial charge is 0.343 e. The van der Waals surface area contributed by atoms with Gasteiger partial charge in [0.1, 0.15) is 17.7 Å². The highest BCUT2D eigenvalue weighted by Gasteiger charge is 2.17. The van der Waals surface area contributed by atoms with E-state index in [-0.39, 0.29) is 18.7 Å². The standard InChI is InChI=1S/C14H19NO5/c1-5-19-13(18)10-8-15(7-6-11(10)16)9-12(17)20-14(2,3)4/h6-8H,5,9H2,1-4H3. The minimum atomic E-state index is -0.698. The number of carbonyl (C=O) groups excluding carboxylic acids is 2. The maximum Gasteiger partial charge on any atom is 0.343 e. The SMILES string of the molecule is CCOC(=O)c1cn(CC(=O)OC(C)(C)C)ccc1=O. The van der Waals surface area contributed by atoms with Crippen LogP contribution >= 0.6 is 0 Å². The molecule has 0 aromatic carbocycles. The number of hydrogen-bond donors (Lipinski definition) is 0. The van der Waals surface area contributed by atoms with Crippen molar-refractivity contribution < 1.29 is 19.1 Å². The summed E-state index contributed by atoms with van der Waals surface area (Å²) < 4.78 is 11.4. The Labute approximate surface area is 117 Å². The first-order chi connectivity index (χ1) is 9.23. The molecule has 1 heterocycles. The lowest BCUT2D eigenvalue weighted by molar-refractivity contribution is -0.155. The fourth-order valence-corrected chi connectivity index (χ4v) is 1.51. The van der Waals surface area contributed by atoms with Crippen LogP contribution in [0.15, 0.2) is 23.3 Å². The fourth-order valence-electron chi connectivity index (χ4n) is 1.51. The van der Waals surface area contributed by atoms with Crippen LogP contribution < -0.4 is 5.43 Å². The van der Waals surface area contributed by atoms with Gasteiger partial charge in [0.2, 0.25) is 0 Å². The van der Waals surface area contributed by atoms with Gasteiger partial charge < -0.3 is 14.0 Å². The van der Waals surface area contributed by atoms with Gasteiger partial charge in [-0.3, -0.25) is 9.59 Å². The third-order valence-electron chi connectivity index (χ3n) is 2.20. The van der Waals surface area contributed by atoms with Crippen molar-refractivity contribution in [1.82, 2.24) is 4.57 Å². The molecule has 1 aromatic heterocycles. The molecular weight excluding hydrogens is 262 g/mol. The van der Waals surface area contributed by atoms with Crippen LogP contribution in [0.25, 0.3) is 0 Å². The zero-order chi connectivity index (χ0) is 15.3. The van der Waals surface area contributed by atoms with Crippen molar-refractivity contribution in [2.45, 2.75) is 39.8 Å². The number of carbonyl (C=O) groups is 2. The molecule has 6 heteroatoms. The lowest BCUT2D eigenvalue weighted by atomic mass is 10.2. The second kappa shape index (κ2) is 6.36. The minimum absolute atomic E-state index is 0.0794. The maximum absolute atomic E-state index is 11.7. The molecule has 110 valence electrons. The first-order valence-electron chi connectivity index (χ1n) is 6.32. The summed E-state index contributed by atoms with van der Waals surface area (Å²) in [6, 6.07) is 1.22. The fraction of sp³-hybridized carbons (Fsp3) is 0.500. The molecule has 6 nitrogen and oxygen atoms in total. The van der Waals surface area contributed by atoms with Crippen LogP contribution in [0.1, 0.15) is 38.1 Å². The number of pyridine rings is 1. The summed E-state index contributed by atoms with van der Waals surface area (Å²) >= 11 is 0. The van der Waals surface area contributed by atoms with Crippen molar-refractivity contribution in [3.05, 3.63) is 34.2 Å². The van der Waals surface area contributed by atoms with Gasteiger partial charge in [0.15, 0.2) is 5.43 Å². The van der Waals surface area contributed by atoms with Crippen molar-refractivity contribution in [2.24, 2.45) is 0 Å². The molecule has 0 amide bonds. The van der Waals surface area contributed by atoms with Crippen LogP contribution in [0, 0.1) is 0 Å². The Bertz CT molecular complexity index is 553. The number of esters is 2. The van der Waals surface area contributed by atoms with Crippen molar-refractivity contribution in [3.63, 3.8) is 0 Å². The molecule has 1 rings (SSSR count). The summed E-state index contributed by atoms with van der Waals surface area (Å²) in [7, 11) is 0. The third kappa shape index (κ3) is 4.87. The van der Waals surface area contributed by atoms with E-state index < -0.39 is 23.0 Å². The molecule has 0 unspecified atom stereocenters. The number of hydrogen-bond acceptors (Lipinski definition) is 5. The van der Waals surface area contributed by atoms with Gasteiger partial charge >= 0.3 is 11.9 Å². The highest BCUT2D eigenvalue weighted by molar-refractivity contribution is 5.88. The molecule has 0 aliphatic carbocycles. The molecule has 0 spiro atoms. The van der Waals surface area contributed by atoms with E-state index >= 15 is 0 Å². The number of nitrogens with zero attached hydrogens (tertiary/aromatic N) is 1. The van der Waals surface area contributed by atoms with Gasteiger partial charge in [0, 0.05) is 18.5 Å². The highest BCUT2D eigenvalue weighted by Crippen LogP contribution is 2.07. The van der Waals surface area contributed by atoms with Gasteiger partial charge in [-0.25, -0.2) is 4.79 Å². The van der Waals surface area contributed by atoms with Crippen LogP contribution in [-0.4, -0.2) is 28.7 Å². The van der Waals surface area contributed by atoms with E-state index in [4.69, 9.17) is 9.47 Å². The Morgan fingerprint density at radius 2 is 1.95 bits per heavy atom. The first kappa shape index (κ1) is 15.9. The number of ether oxygens (including phenoxy) is 2. The molecule has 0 fully saturated rings. The molecule has 0 saturated heterocycles. The third-order valence-corrected chi connectivity index (χ3v) is 2.20. The van der Waals surface area contributed by atoms with Crippen LogP contribution in [0.5, 0.6) is 0 Å². The van der Waals surface area contributed by atoms with E-state index in [1.807, 2.05) is 0 Å². The van der Waals surface area contributed by atoms with E-state index in [9.17, 15) is 14.4 Å². The predicted molar refractivity (Wildman–Crippen MR) is 72.5 cm³/mol. The topological polar surface area (TPSA) is 74.6 Å². The summed E-state index contributed by atoms with van der Waals surface area (Å²) in [5, 5.41) is 0. The highest BCUT2D eigenvalue weighted by atomic mass is 16.6. The van der Waals surface area contributed by atoms with Crippen LogP contribution in [0.4, 0.5) is 0 Å². The molecule has 0 radical (unpaired) electrons. The van der Waals surface area contributed by atoms with E-state index in [2.05, 4.69) is 0 Å². The predicted octanol–water partition coefficient (Wildman–Crippen LogP) is 1.37. The van der Waals surface area contributed by atoms with Crippen molar-refractivity contribution in [1.29, 1.82) is 0 Å². The van der Waals surface area contributed by atoms with E-state index in [0.717, 1.165) is 0 Å². The largest absolute Gasteiger partial charge is 0.462 e. The normalized spacial score (nSPS) is 11.0. The monoisotopic (exact) mass is 281 g/mol. The summed E-state index contributed by atoms with van der Waals surface area (Å²) in [6.07, 6.45) is 2.72. The average molecular weight is 281 g/mol. The molecule has 0 N–H and O–H groups in total. The Balaban J connectivity index is 2.88. The summed E-state index contributed by atoms with van der Waals surface area (Å²) in [5.74, 6) is -1.15. The average Bonchev–Trinajstić information content (AvgIpc) is 2.29. The zero-order valence-corrected chi connectivity index (χ0v) is 12.1. The second-order valence-electron chi connectivity index (χ2n) is 5.20. The second-order valence-corrected chi connectivity index (χ2v) is 5.20. The Morgan fingerprint density at radius 3 is 2.50 bits per heavy atom.